The highest BCUT2D eigenvalue weighted by Gasteiger charge is 2.41. The van der Waals surface area contributed by atoms with E-state index in [9.17, 15) is 0 Å². The molecule has 0 bridgehead atoms. The standard InChI is InChI=1S/C20H21BN4O/c1-13-12-16-15-8-7-11-22-20(15)26-19(16)21(3)25(13)24-14(2)23(4)17-9-5-6-10-18(17)24/h5-12,14H,1-4H3/t14-/m0/s1. The Morgan fingerprint density at radius 2 is 1.88 bits per heavy atom. The van der Waals surface area contributed by atoms with Crippen LogP contribution >= 0.6 is 0 Å². The van der Waals surface area contributed by atoms with Crippen LogP contribution in [0.3, 0.4) is 0 Å². The van der Waals surface area contributed by atoms with E-state index in [1.165, 1.54) is 17.1 Å². The quantitative estimate of drug-likeness (QED) is 0.631. The van der Waals surface area contributed by atoms with Gasteiger partial charge in [-0.05, 0) is 44.2 Å². The molecule has 0 amide bonds. The van der Waals surface area contributed by atoms with Gasteiger partial charge in [0.2, 0.25) is 5.71 Å². The first kappa shape index (κ1) is 15.4. The van der Waals surface area contributed by atoms with Gasteiger partial charge in [-0.2, -0.15) is 0 Å². The Balaban J connectivity index is 1.66. The third kappa shape index (κ3) is 1.90. The van der Waals surface area contributed by atoms with Crippen molar-refractivity contribution in [2.24, 2.45) is 0 Å². The minimum absolute atomic E-state index is 0.0891. The lowest BCUT2D eigenvalue weighted by Gasteiger charge is -2.43. The molecule has 5 rings (SSSR count). The van der Waals surface area contributed by atoms with Crippen molar-refractivity contribution in [3.63, 3.8) is 0 Å². The predicted octanol–water partition coefficient (Wildman–Crippen LogP) is 3.55. The Hall–Kier alpha value is -2.89. The molecule has 2 aromatic heterocycles. The van der Waals surface area contributed by atoms with Crippen molar-refractivity contribution in [1.82, 2.24) is 9.90 Å². The molecule has 130 valence electrons. The smallest absolute Gasteiger partial charge is 0.353 e. The fourth-order valence-corrected chi connectivity index (χ4v) is 4.30. The number of para-hydroxylation sites is 2. The summed E-state index contributed by atoms with van der Waals surface area (Å²) in [4.78, 5) is 9.05. The fraction of sp³-hybridized carbons (Fsp3) is 0.250. The summed E-state index contributed by atoms with van der Waals surface area (Å²) < 4.78 is 6.15. The SMILES string of the molecule is CB1c2oc3ncccc3c2C=C(C)N1N1c2ccccc2N(C)[C@@H]1C. The van der Waals surface area contributed by atoms with Crippen molar-refractivity contribution in [3.8, 4) is 0 Å². The van der Waals surface area contributed by atoms with E-state index in [1.807, 2.05) is 6.07 Å². The first-order valence-corrected chi connectivity index (χ1v) is 9.04. The molecule has 4 heterocycles. The summed E-state index contributed by atoms with van der Waals surface area (Å²) in [5.41, 5.74) is 6.51. The van der Waals surface area contributed by atoms with E-state index in [0.717, 1.165) is 16.6 Å². The van der Waals surface area contributed by atoms with Crippen LogP contribution in [-0.2, 0) is 0 Å². The zero-order valence-electron chi connectivity index (χ0n) is 15.5. The van der Waals surface area contributed by atoms with Gasteiger partial charge in [0, 0.05) is 29.9 Å². The van der Waals surface area contributed by atoms with E-state index >= 15 is 0 Å². The molecule has 1 atom stereocenters. The minimum Gasteiger partial charge on any atom is -0.450 e. The average Bonchev–Trinajstić information content (AvgIpc) is 3.13. The Morgan fingerprint density at radius 1 is 1.12 bits per heavy atom. The van der Waals surface area contributed by atoms with Crippen LogP contribution in [0, 0.1) is 0 Å². The number of furan rings is 1. The van der Waals surface area contributed by atoms with Crippen LogP contribution in [0.25, 0.3) is 17.2 Å². The van der Waals surface area contributed by atoms with Gasteiger partial charge in [0.1, 0.15) is 11.8 Å². The summed E-state index contributed by atoms with van der Waals surface area (Å²) in [6.07, 6.45) is 4.22. The van der Waals surface area contributed by atoms with E-state index in [1.54, 1.807) is 6.20 Å². The van der Waals surface area contributed by atoms with Crippen molar-refractivity contribution < 1.29 is 4.42 Å². The Labute approximate surface area is 153 Å². The van der Waals surface area contributed by atoms with E-state index < -0.39 is 0 Å². The molecule has 0 saturated carbocycles. The number of rotatable bonds is 1. The zero-order valence-corrected chi connectivity index (χ0v) is 15.5. The summed E-state index contributed by atoms with van der Waals surface area (Å²) in [7, 11) is 2.15. The third-order valence-corrected chi connectivity index (χ3v) is 5.65. The lowest BCUT2D eigenvalue weighted by molar-refractivity contribution is 0.435. The Bertz CT molecular complexity index is 1040. The van der Waals surface area contributed by atoms with Gasteiger partial charge >= 0.3 is 6.85 Å². The number of allylic oxidation sites excluding steroid dienone is 1. The van der Waals surface area contributed by atoms with Gasteiger partial charge in [-0.3, -0.25) is 5.01 Å². The van der Waals surface area contributed by atoms with Crippen molar-refractivity contribution in [3.05, 3.63) is 53.9 Å². The average molecular weight is 344 g/mol. The fourth-order valence-electron chi connectivity index (χ4n) is 4.30. The summed E-state index contributed by atoms with van der Waals surface area (Å²) in [5, 5.41) is 3.45. The summed E-state index contributed by atoms with van der Waals surface area (Å²) >= 11 is 0. The maximum absolute atomic E-state index is 6.15. The number of hydrogen-bond acceptors (Lipinski definition) is 5. The highest BCUT2D eigenvalue weighted by molar-refractivity contribution is 6.70. The lowest BCUT2D eigenvalue weighted by atomic mass is 9.58. The second-order valence-corrected chi connectivity index (χ2v) is 7.12. The molecule has 0 saturated heterocycles. The van der Waals surface area contributed by atoms with Crippen molar-refractivity contribution >= 4 is 41.1 Å². The molecule has 0 spiro atoms. The van der Waals surface area contributed by atoms with Gasteiger partial charge in [-0.15, -0.1) is 0 Å². The van der Waals surface area contributed by atoms with Gasteiger partial charge in [0.15, 0.2) is 0 Å². The highest BCUT2D eigenvalue weighted by atomic mass is 16.3. The van der Waals surface area contributed by atoms with E-state index in [4.69, 9.17) is 4.42 Å². The lowest BCUT2D eigenvalue weighted by Crippen LogP contribution is -2.59. The molecule has 0 unspecified atom stereocenters. The van der Waals surface area contributed by atoms with Crippen molar-refractivity contribution in [1.29, 1.82) is 0 Å². The number of hydrazine groups is 1. The molecule has 3 aromatic rings. The molecule has 2 aliphatic heterocycles. The Kier molecular flexibility index (Phi) is 3.14. The van der Waals surface area contributed by atoms with Gasteiger partial charge in [-0.1, -0.05) is 19.0 Å². The summed E-state index contributed by atoms with van der Waals surface area (Å²) in [5.74, 6) is 0. The number of aromatic nitrogens is 1. The van der Waals surface area contributed by atoms with Crippen LogP contribution < -0.4 is 15.6 Å². The molecule has 0 aliphatic carbocycles. The number of hydrogen-bond donors (Lipinski definition) is 0. The van der Waals surface area contributed by atoms with Crippen LogP contribution in [0.1, 0.15) is 19.4 Å². The highest BCUT2D eigenvalue weighted by Crippen LogP contribution is 2.41. The maximum atomic E-state index is 6.15. The molecule has 0 fully saturated rings. The van der Waals surface area contributed by atoms with Crippen LogP contribution in [0.4, 0.5) is 11.4 Å². The van der Waals surface area contributed by atoms with E-state index in [2.05, 4.69) is 83.9 Å². The van der Waals surface area contributed by atoms with Gasteiger partial charge in [-0.25, -0.2) is 4.98 Å². The molecule has 1 aromatic carbocycles. The number of pyridine rings is 1. The first-order valence-electron chi connectivity index (χ1n) is 9.04. The van der Waals surface area contributed by atoms with Crippen LogP contribution in [0.2, 0.25) is 6.82 Å². The Morgan fingerprint density at radius 3 is 2.69 bits per heavy atom. The summed E-state index contributed by atoms with van der Waals surface area (Å²) in [6, 6.07) is 12.6. The van der Waals surface area contributed by atoms with Crippen LogP contribution in [0.5, 0.6) is 0 Å². The summed E-state index contributed by atoms with van der Waals surface area (Å²) in [6.45, 7) is 6.69. The van der Waals surface area contributed by atoms with Gasteiger partial charge < -0.3 is 14.2 Å². The number of benzene rings is 1. The van der Waals surface area contributed by atoms with E-state index in [-0.39, 0.29) is 13.0 Å². The van der Waals surface area contributed by atoms with Gasteiger partial charge in [0.05, 0.1) is 11.4 Å². The van der Waals surface area contributed by atoms with Crippen LogP contribution in [-0.4, -0.2) is 30.0 Å². The molecule has 26 heavy (non-hydrogen) atoms. The molecule has 6 heteroatoms. The second-order valence-electron chi connectivity index (χ2n) is 7.12. The molecule has 0 radical (unpaired) electrons. The molecule has 0 N–H and O–H groups in total. The zero-order chi connectivity index (χ0) is 18.0. The molecular weight excluding hydrogens is 323 g/mol. The van der Waals surface area contributed by atoms with E-state index in [0.29, 0.717) is 5.71 Å². The normalized spacial score (nSPS) is 19.1. The molecule has 5 nitrogen and oxygen atoms in total. The maximum Gasteiger partial charge on any atom is 0.353 e. The third-order valence-electron chi connectivity index (χ3n) is 5.65. The second kappa shape index (κ2) is 5.30. The minimum atomic E-state index is 0.0891. The number of fused-ring (bicyclic) bond motifs is 4. The predicted molar refractivity (Wildman–Crippen MR) is 108 cm³/mol. The van der Waals surface area contributed by atoms with Crippen molar-refractivity contribution in [2.75, 3.05) is 17.0 Å². The topological polar surface area (TPSA) is 35.8 Å². The largest absolute Gasteiger partial charge is 0.450 e. The van der Waals surface area contributed by atoms with Crippen molar-refractivity contribution in [2.45, 2.75) is 26.8 Å². The number of anilines is 2. The number of nitrogens with zero attached hydrogens (tertiary/aromatic N) is 4. The molecular formula is C20H21BN4O. The monoisotopic (exact) mass is 344 g/mol. The van der Waals surface area contributed by atoms with Gasteiger partial charge in [0.25, 0.3) is 0 Å². The molecule has 2 aliphatic rings. The van der Waals surface area contributed by atoms with Crippen LogP contribution in [0.15, 0.2) is 52.7 Å². The first-order chi connectivity index (χ1) is 12.6.